The Kier molecular flexibility index (Phi) is 4.76. The molecule has 2 atom stereocenters. The first kappa shape index (κ1) is 18.0. The second kappa shape index (κ2) is 6.86. The van der Waals surface area contributed by atoms with Gasteiger partial charge < -0.3 is 15.8 Å². The summed E-state index contributed by atoms with van der Waals surface area (Å²) in [5.41, 5.74) is 4.66. The zero-order valence-electron chi connectivity index (χ0n) is 13.9. The number of nitrogens with zero attached hydrogens (tertiary/aromatic N) is 1. The Morgan fingerprint density at radius 1 is 1.19 bits per heavy atom. The van der Waals surface area contributed by atoms with Gasteiger partial charge >= 0.3 is 0 Å². The quantitative estimate of drug-likeness (QED) is 0.812. The summed E-state index contributed by atoms with van der Waals surface area (Å²) in [5, 5.41) is 2.93. The Labute approximate surface area is 147 Å². The molecule has 26 heavy (non-hydrogen) atoms. The predicted molar refractivity (Wildman–Crippen MR) is 89.9 cm³/mol. The molecule has 0 spiro atoms. The number of anilines is 1. The standard InChI is InChI=1S/C18H17F4N3O/c1-18(16(22)9-25-17(23)26-18)14-7-13(2-3-15(14)21)24-8-10-4-11(19)6-12(20)5-10/h2-7,16,24H,8-9H2,1H3,(H2,23,25)/t16-,18-/m1/s1. The van der Waals surface area contributed by atoms with Crippen molar-refractivity contribution in [1.29, 1.82) is 0 Å². The van der Waals surface area contributed by atoms with Crippen LogP contribution in [0.25, 0.3) is 0 Å². The lowest BCUT2D eigenvalue weighted by molar-refractivity contribution is -0.0231. The monoisotopic (exact) mass is 367 g/mol. The van der Waals surface area contributed by atoms with E-state index < -0.39 is 29.2 Å². The van der Waals surface area contributed by atoms with Crippen molar-refractivity contribution in [2.24, 2.45) is 10.7 Å². The van der Waals surface area contributed by atoms with Crippen molar-refractivity contribution in [1.82, 2.24) is 0 Å². The van der Waals surface area contributed by atoms with Crippen molar-refractivity contribution >= 4 is 11.7 Å². The number of ether oxygens (including phenoxy) is 1. The highest BCUT2D eigenvalue weighted by atomic mass is 19.1. The van der Waals surface area contributed by atoms with Gasteiger partial charge in [-0.1, -0.05) is 0 Å². The van der Waals surface area contributed by atoms with Crippen LogP contribution in [0.15, 0.2) is 41.4 Å². The van der Waals surface area contributed by atoms with Gasteiger partial charge in [0.25, 0.3) is 6.02 Å². The number of amidine groups is 1. The third kappa shape index (κ3) is 3.58. The fourth-order valence-electron chi connectivity index (χ4n) is 2.81. The van der Waals surface area contributed by atoms with E-state index >= 15 is 0 Å². The number of halogens is 4. The molecule has 0 saturated carbocycles. The molecule has 3 rings (SSSR count). The van der Waals surface area contributed by atoms with Crippen LogP contribution in [0.3, 0.4) is 0 Å². The van der Waals surface area contributed by atoms with Crippen LogP contribution in [0, 0.1) is 17.5 Å². The molecule has 138 valence electrons. The average Bonchev–Trinajstić information content (AvgIpc) is 2.57. The molecule has 1 aliphatic rings. The lowest BCUT2D eigenvalue weighted by Crippen LogP contribution is -2.46. The lowest BCUT2D eigenvalue weighted by atomic mass is 9.89. The maximum Gasteiger partial charge on any atom is 0.283 e. The van der Waals surface area contributed by atoms with Gasteiger partial charge in [-0.2, -0.15) is 0 Å². The second-order valence-corrected chi connectivity index (χ2v) is 6.18. The molecule has 0 aromatic heterocycles. The summed E-state index contributed by atoms with van der Waals surface area (Å²) in [6.45, 7) is 1.26. The number of rotatable bonds is 4. The molecule has 0 bridgehead atoms. The fourth-order valence-corrected chi connectivity index (χ4v) is 2.81. The van der Waals surface area contributed by atoms with E-state index in [1.54, 1.807) is 0 Å². The van der Waals surface area contributed by atoms with Gasteiger partial charge in [0, 0.05) is 23.9 Å². The zero-order valence-corrected chi connectivity index (χ0v) is 13.9. The number of alkyl halides is 1. The summed E-state index contributed by atoms with van der Waals surface area (Å²) >= 11 is 0. The van der Waals surface area contributed by atoms with Gasteiger partial charge in [0.05, 0.1) is 6.54 Å². The highest BCUT2D eigenvalue weighted by Gasteiger charge is 2.44. The second-order valence-electron chi connectivity index (χ2n) is 6.18. The maximum atomic E-state index is 14.4. The maximum absolute atomic E-state index is 14.4. The third-order valence-corrected chi connectivity index (χ3v) is 4.24. The number of nitrogens with one attached hydrogen (secondary N) is 1. The van der Waals surface area contributed by atoms with Gasteiger partial charge in [-0.3, -0.25) is 0 Å². The van der Waals surface area contributed by atoms with E-state index in [4.69, 9.17) is 10.5 Å². The Morgan fingerprint density at radius 3 is 2.58 bits per heavy atom. The van der Waals surface area contributed by atoms with E-state index in [0.717, 1.165) is 12.1 Å². The molecule has 0 radical (unpaired) electrons. The van der Waals surface area contributed by atoms with Gasteiger partial charge in [-0.15, -0.1) is 0 Å². The van der Waals surface area contributed by atoms with Gasteiger partial charge in [0.15, 0.2) is 11.8 Å². The summed E-state index contributed by atoms with van der Waals surface area (Å²) in [4.78, 5) is 3.66. The molecule has 1 heterocycles. The molecule has 0 fully saturated rings. The van der Waals surface area contributed by atoms with Crippen molar-refractivity contribution < 1.29 is 22.3 Å². The molecule has 4 nitrogen and oxygen atoms in total. The van der Waals surface area contributed by atoms with E-state index in [1.807, 2.05) is 0 Å². The van der Waals surface area contributed by atoms with Crippen molar-refractivity contribution in [2.45, 2.75) is 25.2 Å². The van der Waals surface area contributed by atoms with E-state index in [0.29, 0.717) is 11.3 Å². The topological polar surface area (TPSA) is 59.6 Å². The Hall–Kier alpha value is -2.77. The molecule has 0 saturated heterocycles. The van der Waals surface area contributed by atoms with Crippen LogP contribution >= 0.6 is 0 Å². The van der Waals surface area contributed by atoms with Crippen molar-refractivity contribution in [2.75, 3.05) is 11.9 Å². The molecule has 2 aromatic rings. The summed E-state index contributed by atoms with van der Waals surface area (Å²) < 4.78 is 60.5. The summed E-state index contributed by atoms with van der Waals surface area (Å²) in [6.07, 6.45) is -1.59. The smallest absolute Gasteiger partial charge is 0.283 e. The average molecular weight is 367 g/mol. The Balaban J connectivity index is 1.85. The van der Waals surface area contributed by atoms with Crippen LogP contribution in [0.2, 0.25) is 0 Å². The van der Waals surface area contributed by atoms with E-state index in [9.17, 15) is 17.6 Å². The van der Waals surface area contributed by atoms with Crippen molar-refractivity contribution in [3.05, 3.63) is 65.0 Å². The zero-order chi connectivity index (χ0) is 18.9. The minimum absolute atomic E-state index is 0.0294. The molecule has 0 aliphatic carbocycles. The highest BCUT2D eigenvalue weighted by molar-refractivity contribution is 5.73. The fraction of sp³-hybridized carbons (Fsp3) is 0.278. The molecule has 2 aromatic carbocycles. The van der Waals surface area contributed by atoms with Gasteiger partial charge in [-0.25, -0.2) is 22.6 Å². The minimum atomic E-state index is -1.63. The number of hydrogen-bond acceptors (Lipinski definition) is 4. The van der Waals surface area contributed by atoms with Crippen LogP contribution in [0.1, 0.15) is 18.1 Å². The largest absolute Gasteiger partial charge is 0.451 e. The summed E-state index contributed by atoms with van der Waals surface area (Å²) in [7, 11) is 0. The van der Waals surface area contributed by atoms with Crippen LogP contribution in [0.5, 0.6) is 0 Å². The SMILES string of the molecule is C[C@]1(c2cc(NCc3cc(F)cc(F)c3)ccc2F)OC(N)=NC[C@H]1F. The number of aliphatic imine (C=N–C) groups is 1. The van der Waals surface area contributed by atoms with Crippen molar-refractivity contribution in [3.8, 4) is 0 Å². The molecule has 0 unspecified atom stereocenters. The summed E-state index contributed by atoms with van der Waals surface area (Å²) in [5.74, 6) is -2.05. The Morgan fingerprint density at radius 2 is 1.88 bits per heavy atom. The minimum Gasteiger partial charge on any atom is -0.451 e. The van der Waals surface area contributed by atoms with Crippen LogP contribution in [0.4, 0.5) is 23.2 Å². The first-order valence-electron chi connectivity index (χ1n) is 7.90. The highest BCUT2D eigenvalue weighted by Crippen LogP contribution is 2.36. The van der Waals surface area contributed by atoms with Crippen LogP contribution < -0.4 is 11.1 Å². The van der Waals surface area contributed by atoms with Crippen molar-refractivity contribution in [3.63, 3.8) is 0 Å². The predicted octanol–water partition coefficient (Wildman–Crippen LogP) is 3.61. The van der Waals surface area contributed by atoms with Crippen LogP contribution in [-0.4, -0.2) is 18.7 Å². The number of benzene rings is 2. The molecule has 3 N–H and O–H groups in total. The molecular weight excluding hydrogens is 350 g/mol. The van der Waals surface area contributed by atoms with E-state index in [2.05, 4.69) is 10.3 Å². The normalized spacial score (nSPS) is 22.5. The van der Waals surface area contributed by atoms with Crippen LogP contribution in [-0.2, 0) is 16.9 Å². The third-order valence-electron chi connectivity index (χ3n) is 4.24. The Bertz CT molecular complexity index is 838. The molecule has 1 aliphatic heterocycles. The first-order valence-corrected chi connectivity index (χ1v) is 7.90. The summed E-state index contributed by atoms with van der Waals surface area (Å²) in [6, 6.07) is 6.90. The molecular formula is C18H17F4N3O. The van der Waals surface area contributed by atoms with Gasteiger partial charge in [0.1, 0.15) is 17.5 Å². The molecule has 8 heteroatoms. The van der Waals surface area contributed by atoms with E-state index in [1.165, 1.54) is 31.2 Å². The lowest BCUT2D eigenvalue weighted by Gasteiger charge is -2.36. The number of hydrogen-bond donors (Lipinski definition) is 2. The number of nitrogens with two attached hydrogens (primary N) is 1. The van der Waals surface area contributed by atoms with Gasteiger partial charge in [0.2, 0.25) is 0 Å². The van der Waals surface area contributed by atoms with E-state index in [-0.39, 0.29) is 24.7 Å². The first-order chi connectivity index (χ1) is 12.3. The van der Waals surface area contributed by atoms with Gasteiger partial charge in [-0.05, 0) is 42.8 Å². The molecule has 0 amide bonds.